The molecular weight excluding hydrogens is 683 g/mol. The molecule has 4 aliphatic carbocycles. The molecule has 4 fully saturated rings. The lowest BCUT2D eigenvalue weighted by molar-refractivity contribution is -0.00518. The van der Waals surface area contributed by atoms with Gasteiger partial charge in [0.15, 0.2) is 28.8 Å². The molecule has 0 atom stereocenters. The standard InChI is InChI=1S/C51H39N5/c1-52-46-20-14-40(15-21-46)48-54-49(41-16-22-47(53-2)23-17-41)56-50(55-48)44-28-42(38-10-8-37(9-11-38)36-6-4-3-5-7-36)27-43(29-44)39-12-18-45(19-13-39)51-30-33-24-34(31-51)26-35(25-33)32-51/h3-23,27-29,33-35H,24-26,30-32H2. The van der Waals surface area contributed by atoms with Gasteiger partial charge in [0.2, 0.25) is 0 Å². The van der Waals surface area contributed by atoms with E-state index in [4.69, 9.17) is 28.1 Å². The van der Waals surface area contributed by atoms with Crippen LogP contribution in [0.4, 0.5) is 11.4 Å². The molecule has 0 saturated heterocycles. The molecule has 0 unspecified atom stereocenters. The van der Waals surface area contributed by atoms with Gasteiger partial charge in [-0.1, -0.05) is 127 Å². The highest BCUT2D eigenvalue weighted by Gasteiger charge is 2.51. The number of benzene rings is 6. The minimum atomic E-state index is 0.346. The third-order valence-electron chi connectivity index (χ3n) is 12.5. The lowest BCUT2D eigenvalue weighted by Crippen LogP contribution is -2.48. The Labute approximate surface area is 328 Å². The Morgan fingerprint density at radius 3 is 1.20 bits per heavy atom. The summed E-state index contributed by atoms with van der Waals surface area (Å²) in [4.78, 5) is 22.2. The molecule has 5 heteroatoms. The minimum absolute atomic E-state index is 0.346. The van der Waals surface area contributed by atoms with Crippen LogP contribution < -0.4 is 0 Å². The molecule has 0 radical (unpaired) electrons. The number of hydrogen-bond donors (Lipinski definition) is 0. The second kappa shape index (κ2) is 13.9. The zero-order valence-electron chi connectivity index (χ0n) is 31.1. The number of aromatic nitrogens is 3. The monoisotopic (exact) mass is 721 g/mol. The predicted molar refractivity (Wildman–Crippen MR) is 225 cm³/mol. The summed E-state index contributed by atoms with van der Waals surface area (Å²) in [6, 6.07) is 50.1. The summed E-state index contributed by atoms with van der Waals surface area (Å²) in [7, 11) is 0. The van der Waals surface area contributed by atoms with Gasteiger partial charge in [0.25, 0.3) is 0 Å². The maximum absolute atomic E-state index is 7.45. The average molecular weight is 722 g/mol. The van der Waals surface area contributed by atoms with Gasteiger partial charge in [-0.15, -0.1) is 0 Å². The number of rotatable bonds is 7. The van der Waals surface area contributed by atoms with Gasteiger partial charge in [-0.05, 0) is 119 Å². The molecule has 7 aromatic rings. The molecule has 268 valence electrons. The Bertz CT molecular complexity index is 2540. The maximum atomic E-state index is 7.45. The van der Waals surface area contributed by atoms with Crippen LogP contribution in [0.25, 0.3) is 77.2 Å². The fourth-order valence-corrected chi connectivity index (χ4v) is 10.2. The molecule has 0 spiro atoms. The molecule has 1 heterocycles. The lowest BCUT2D eigenvalue weighted by Gasteiger charge is -2.57. The third kappa shape index (κ3) is 6.36. The molecule has 0 amide bonds. The molecule has 5 nitrogen and oxygen atoms in total. The van der Waals surface area contributed by atoms with E-state index in [1.165, 1.54) is 60.8 Å². The van der Waals surface area contributed by atoms with Gasteiger partial charge in [0.05, 0.1) is 13.1 Å². The molecule has 4 aliphatic rings. The summed E-state index contributed by atoms with van der Waals surface area (Å²) >= 11 is 0. The second-order valence-electron chi connectivity index (χ2n) is 16.1. The SMILES string of the molecule is [C-]#[N+]c1ccc(-c2nc(-c3ccc([N+]#[C-])cc3)nc(-c3cc(-c4ccc(-c5ccccc5)cc4)cc(-c4ccc(C56CC7CC(CC(C7)C5)C6)cc4)c3)n2)cc1. The van der Waals surface area contributed by atoms with Crippen LogP contribution >= 0.6 is 0 Å². The normalized spacial score (nSPS) is 20.6. The summed E-state index contributed by atoms with van der Waals surface area (Å²) in [5.74, 6) is 4.31. The van der Waals surface area contributed by atoms with Crippen molar-refractivity contribution in [2.75, 3.05) is 0 Å². The van der Waals surface area contributed by atoms with Crippen LogP contribution in [0, 0.1) is 30.9 Å². The Hall–Kier alpha value is -6.69. The van der Waals surface area contributed by atoms with Crippen LogP contribution in [0.3, 0.4) is 0 Å². The maximum Gasteiger partial charge on any atom is 0.187 e. The zero-order valence-corrected chi connectivity index (χ0v) is 31.1. The topological polar surface area (TPSA) is 47.4 Å². The van der Waals surface area contributed by atoms with Crippen LogP contribution in [-0.2, 0) is 5.41 Å². The van der Waals surface area contributed by atoms with Crippen LogP contribution in [0.15, 0.2) is 146 Å². The van der Waals surface area contributed by atoms with E-state index in [-0.39, 0.29) is 0 Å². The highest BCUT2D eigenvalue weighted by Crippen LogP contribution is 2.60. The van der Waals surface area contributed by atoms with Crippen molar-refractivity contribution in [1.82, 2.24) is 15.0 Å². The summed E-state index contributed by atoms with van der Waals surface area (Å²) in [5.41, 5.74) is 12.3. The molecule has 4 saturated carbocycles. The van der Waals surface area contributed by atoms with Gasteiger partial charge < -0.3 is 0 Å². The first-order chi connectivity index (χ1) is 27.5. The van der Waals surface area contributed by atoms with Crippen LogP contribution in [0.5, 0.6) is 0 Å². The summed E-state index contributed by atoms with van der Waals surface area (Å²) in [6.45, 7) is 14.9. The van der Waals surface area contributed by atoms with E-state index < -0.39 is 0 Å². The molecule has 1 aromatic heterocycles. The first-order valence-electron chi connectivity index (χ1n) is 19.6. The van der Waals surface area contributed by atoms with Crippen LogP contribution in [0.1, 0.15) is 44.1 Å². The molecule has 56 heavy (non-hydrogen) atoms. The first kappa shape index (κ1) is 33.8. The van der Waals surface area contributed by atoms with E-state index in [2.05, 4.69) is 101 Å². The van der Waals surface area contributed by atoms with E-state index in [0.29, 0.717) is 34.3 Å². The van der Waals surface area contributed by atoms with Gasteiger partial charge >= 0.3 is 0 Å². The predicted octanol–water partition coefficient (Wildman–Crippen LogP) is 13.4. The van der Waals surface area contributed by atoms with Crippen molar-refractivity contribution < 1.29 is 0 Å². The average Bonchev–Trinajstić information content (AvgIpc) is 3.26. The van der Waals surface area contributed by atoms with E-state index in [1.807, 2.05) is 30.3 Å². The van der Waals surface area contributed by atoms with Gasteiger partial charge in [0, 0.05) is 16.7 Å². The van der Waals surface area contributed by atoms with Gasteiger partial charge in [-0.3, -0.25) is 0 Å². The van der Waals surface area contributed by atoms with E-state index >= 15 is 0 Å². The quantitative estimate of drug-likeness (QED) is 0.154. The van der Waals surface area contributed by atoms with Crippen molar-refractivity contribution in [2.24, 2.45) is 17.8 Å². The first-order valence-corrected chi connectivity index (χ1v) is 19.6. The van der Waals surface area contributed by atoms with Crippen molar-refractivity contribution in [3.05, 3.63) is 174 Å². The van der Waals surface area contributed by atoms with E-state index in [9.17, 15) is 0 Å². The molecule has 0 aliphatic heterocycles. The Morgan fingerprint density at radius 2 is 0.750 bits per heavy atom. The fourth-order valence-electron chi connectivity index (χ4n) is 10.2. The lowest BCUT2D eigenvalue weighted by atomic mass is 9.48. The Kier molecular flexibility index (Phi) is 8.38. The van der Waals surface area contributed by atoms with Crippen LogP contribution in [0.2, 0.25) is 0 Å². The Morgan fingerprint density at radius 1 is 0.393 bits per heavy atom. The third-order valence-corrected chi connectivity index (χ3v) is 12.5. The summed E-state index contributed by atoms with van der Waals surface area (Å²) in [5, 5.41) is 0. The summed E-state index contributed by atoms with van der Waals surface area (Å²) in [6.07, 6.45) is 8.38. The molecule has 6 aromatic carbocycles. The fraction of sp³-hybridized carbons (Fsp3) is 0.196. The molecule has 0 N–H and O–H groups in total. The van der Waals surface area contributed by atoms with Crippen LogP contribution in [-0.4, -0.2) is 15.0 Å². The van der Waals surface area contributed by atoms with Crippen molar-refractivity contribution in [3.63, 3.8) is 0 Å². The second-order valence-corrected chi connectivity index (χ2v) is 16.1. The van der Waals surface area contributed by atoms with Crippen molar-refractivity contribution in [1.29, 1.82) is 0 Å². The number of hydrogen-bond acceptors (Lipinski definition) is 3. The van der Waals surface area contributed by atoms with Gasteiger partial charge in [-0.25, -0.2) is 24.6 Å². The van der Waals surface area contributed by atoms with E-state index in [1.54, 1.807) is 24.3 Å². The molecule has 11 rings (SSSR count). The van der Waals surface area contributed by atoms with E-state index in [0.717, 1.165) is 51.1 Å². The zero-order chi connectivity index (χ0) is 37.6. The van der Waals surface area contributed by atoms with Gasteiger partial charge in [0.1, 0.15) is 0 Å². The molecular formula is C51H39N5. The number of nitrogens with zero attached hydrogens (tertiary/aromatic N) is 5. The Balaban J connectivity index is 1.10. The van der Waals surface area contributed by atoms with Crippen molar-refractivity contribution in [3.8, 4) is 67.5 Å². The van der Waals surface area contributed by atoms with Gasteiger partial charge in [-0.2, -0.15) is 0 Å². The summed E-state index contributed by atoms with van der Waals surface area (Å²) < 4.78 is 0. The minimum Gasteiger partial charge on any atom is -0.238 e. The smallest absolute Gasteiger partial charge is 0.187 e. The highest BCUT2D eigenvalue weighted by molar-refractivity contribution is 5.81. The highest BCUT2D eigenvalue weighted by atomic mass is 15.0. The van der Waals surface area contributed by atoms with Crippen molar-refractivity contribution in [2.45, 2.75) is 43.9 Å². The largest absolute Gasteiger partial charge is 0.238 e. The molecule has 4 bridgehead atoms. The van der Waals surface area contributed by atoms with Crippen molar-refractivity contribution >= 4 is 11.4 Å².